The quantitative estimate of drug-likeness (QED) is 0.568. The Labute approximate surface area is 42.1 Å². The molecular formula is C2H3BrF2O. The molecule has 0 saturated heterocycles. The van der Waals surface area contributed by atoms with E-state index < -0.39 is 11.4 Å². The van der Waals surface area contributed by atoms with Crippen LogP contribution in [0.15, 0.2) is 0 Å². The molecule has 0 aliphatic carbocycles. The third-order valence-electron chi connectivity index (χ3n) is 0.161. The van der Waals surface area contributed by atoms with Crippen molar-refractivity contribution in [3.05, 3.63) is 0 Å². The van der Waals surface area contributed by atoms with Crippen LogP contribution in [0.1, 0.15) is 0 Å². The molecular weight excluding hydrogens is 158 g/mol. The summed E-state index contributed by atoms with van der Waals surface area (Å²) in [6.45, 7) is -1.42. The fourth-order valence-electron chi connectivity index (χ4n) is 0. The summed E-state index contributed by atoms with van der Waals surface area (Å²) < 4.78 is 19.2. The van der Waals surface area contributed by atoms with Crippen molar-refractivity contribution >= 4 is 15.9 Å². The second-order valence-electron chi connectivity index (χ2n) is 0.799. The second kappa shape index (κ2) is 1.84. The van der Waals surface area contributed by atoms with Crippen LogP contribution in [0.3, 0.4) is 0 Å². The number of hydrogen-bond acceptors (Lipinski definition) is 1. The van der Waals surface area contributed by atoms with Gasteiger partial charge in [-0.05, 0) is 15.9 Å². The maximum Gasteiger partial charge on any atom is 0.291 e. The molecule has 4 heteroatoms. The van der Waals surface area contributed by atoms with Crippen molar-refractivity contribution in [2.24, 2.45) is 0 Å². The molecule has 0 aliphatic rings. The average molecular weight is 161 g/mol. The second-order valence-corrected chi connectivity index (χ2v) is 2.01. The summed E-state index contributed by atoms with van der Waals surface area (Å²) in [5.74, 6) is 0. The standard InChI is InChI=1S/C2H3BrF2O/c3-2(5,6)1-4/h6H,1H2. The van der Waals surface area contributed by atoms with Crippen molar-refractivity contribution in [2.75, 3.05) is 6.67 Å². The molecule has 0 spiro atoms. The van der Waals surface area contributed by atoms with Gasteiger partial charge in [-0.3, -0.25) is 0 Å². The first kappa shape index (κ1) is 6.30. The zero-order valence-electron chi connectivity index (χ0n) is 2.79. The zero-order valence-corrected chi connectivity index (χ0v) is 4.37. The molecule has 1 unspecified atom stereocenters. The van der Waals surface area contributed by atoms with Crippen LogP contribution in [-0.4, -0.2) is 16.5 Å². The SMILES string of the molecule is OC(F)(Br)CF. The predicted molar refractivity (Wildman–Crippen MR) is 21.0 cm³/mol. The van der Waals surface area contributed by atoms with E-state index in [9.17, 15) is 8.78 Å². The van der Waals surface area contributed by atoms with Gasteiger partial charge in [-0.25, -0.2) is 4.39 Å². The van der Waals surface area contributed by atoms with Crippen molar-refractivity contribution < 1.29 is 13.9 Å². The monoisotopic (exact) mass is 160 g/mol. The number of aliphatic hydroxyl groups is 1. The fraction of sp³-hybridized carbons (Fsp3) is 1.00. The molecule has 1 atom stereocenters. The summed E-state index contributed by atoms with van der Waals surface area (Å²) in [5, 5.41) is 7.70. The molecule has 0 saturated carbocycles. The molecule has 0 bridgehead atoms. The van der Waals surface area contributed by atoms with E-state index in [1.807, 2.05) is 15.9 Å². The highest BCUT2D eigenvalue weighted by Gasteiger charge is 2.18. The number of hydrogen-bond donors (Lipinski definition) is 1. The van der Waals surface area contributed by atoms with Crippen molar-refractivity contribution in [3.8, 4) is 0 Å². The summed E-state index contributed by atoms with van der Waals surface area (Å²) in [6.07, 6.45) is 0. The highest BCUT2D eigenvalue weighted by atomic mass is 79.9. The van der Waals surface area contributed by atoms with Crippen molar-refractivity contribution in [1.29, 1.82) is 0 Å². The Balaban J connectivity index is 3.17. The van der Waals surface area contributed by atoms with Crippen LogP contribution in [0.25, 0.3) is 0 Å². The first-order valence-electron chi connectivity index (χ1n) is 1.22. The van der Waals surface area contributed by atoms with Gasteiger partial charge in [-0.1, -0.05) is 0 Å². The van der Waals surface area contributed by atoms with Crippen LogP contribution in [0.5, 0.6) is 0 Å². The van der Waals surface area contributed by atoms with Crippen molar-refractivity contribution in [1.82, 2.24) is 0 Å². The van der Waals surface area contributed by atoms with Gasteiger partial charge in [0.25, 0.3) is 4.76 Å². The van der Waals surface area contributed by atoms with Crippen molar-refractivity contribution in [2.45, 2.75) is 4.76 Å². The molecule has 0 radical (unpaired) electrons. The highest BCUT2D eigenvalue weighted by Crippen LogP contribution is 2.14. The third-order valence-corrected chi connectivity index (χ3v) is 0.373. The minimum Gasteiger partial charge on any atom is -0.351 e. The van der Waals surface area contributed by atoms with Crippen LogP contribution in [0.4, 0.5) is 8.78 Å². The molecule has 0 fully saturated rings. The molecule has 0 aromatic heterocycles. The van der Waals surface area contributed by atoms with Gasteiger partial charge < -0.3 is 5.11 Å². The lowest BCUT2D eigenvalue weighted by Gasteiger charge is -2.00. The predicted octanol–water partition coefficient (Wildman–Crippen LogP) is 0.966. The molecule has 0 aromatic carbocycles. The summed E-state index contributed by atoms with van der Waals surface area (Å²) in [5.41, 5.74) is 0. The number of alkyl halides is 3. The van der Waals surface area contributed by atoms with E-state index in [0.29, 0.717) is 0 Å². The maximum absolute atomic E-state index is 11.2. The lowest BCUT2D eigenvalue weighted by Crippen LogP contribution is -2.13. The van der Waals surface area contributed by atoms with E-state index >= 15 is 0 Å². The van der Waals surface area contributed by atoms with E-state index in [2.05, 4.69) is 0 Å². The largest absolute Gasteiger partial charge is 0.351 e. The third kappa shape index (κ3) is 4.30. The van der Waals surface area contributed by atoms with Crippen LogP contribution < -0.4 is 0 Å². The Bertz CT molecular complexity index is 41.3. The van der Waals surface area contributed by atoms with Gasteiger partial charge in [-0.2, -0.15) is 4.39 Å². The minimum atomic E-state index is -2.81. The summed E-state index contributed by atoms with van der Waals surface area (Å²) in [6, 6.07) is 0. The summed E-state index contributed by atoms with van der Waals surface area (Å²) in [4.78, 5) is 0. The Kier molecular flexibility index (Phi) is 1.93. The van der Waals surface area contributed by atoms with Gasteiger partial charge in [0.05, 0.1) is 0 Å². The van der Waals surface area contributed by atoms with E-state index in [1.165, 1.54) is 0 Å². The summed E-state index contributed by atoms with van der Waals surface area (Å²) >= 11 is 1.99. The van der Waals surface area contributed by atoms with Gasteiger partial charge in [0.15, 0.2) is 6.67 Å². The van der Waals surface area contributed by atoms with Gasteiger partial charge in [-0.15, -0.1) is 0 Å². The smallest absolute Gasteiger partial charge is 0.291 e. The van der Waals surface area contributed by atoms with E-state index in [-0.39, 0.29) is 0 Å². The van der Waals surface area contributed by atoms with E-state index in [1.54, 1.807) is 0 Å². The van der Waals surface area contributed by atoms with E-state index in [0.717, 1.165) is 0 Å². The average Bonchev–Trinajstić information content (AvgIpc) is 1.35. The Hall–Kier alpha value is 0.300. The van der Waals surface area contributed by atoms with E-state index in [4.69, 9.17) is 5.11 Å². The molecule has 0 aromatic rings. The van der Waals surface area contributed by atoms with Gasteiger partial charge in [0, 0.05) is 0 Å². The zero-order chi connectivity index (χ0) is 5.21. The Morgan fingerprint density at radius 3 is 2.00 bits per heavy atom. The molecule has 1 N–H and O–H groups in total. The number of rotatable bonds is 1. The normalized spacial score (nSPS) is 20.0. The fourth-order valence-corrected chi connectivity index (χ4v) is 0. The molecule has 0 rings (SSSR count). The van der Waals surface area contributed by atoms with Crippen LogP contribution >= 0.6 is 15.9 Å². The first-order valence-corrected chi connectivity index (χ1v) is 2.02. The molecule has 0 aliphatic heterocycles. The van der Waals surface area contributed by atoms with Crippen LogP contribution in [-0.2, 0) is 0 Å². The van der Waals surface area contributed by atoms with Gasteiger partial charge in [0.2, 0.25) is 0 Å². The molecule has 0 amide bonds. The Morgan fingerprint density at radius 2 is 2.00 bits per heavy atom. The number of halogens is 3. The highest BCUT2D eigenvalue weighted by molar-refractivity contribution is 9.10. The molecule has 0 heterocycles. The minimum absolute atomic E-state index is 1.42. The first-order chi connectivity index (χ1) is 2.56. The van der Waals surface area contributed by atoms with Gasteiger partial charge in [0.1, 0.15) is 0 Å². The molecule has 6 heavy (non-hydrogen) atoms. The molecule has 1 nitrogen and oxygen atoms in total. The lowest BCUT2D eigenvalue weighted by atomic mass is 10.8. The summed E-state index contributed by atoms with van der Waals surface area (Å²) in [7, 11) is 0. The van der Waals surface area contributed by atoms with Crippen LogP contribution in [0.2, 0.25) is 0 Å². The van der Waals surface area contributed by atoms with Gasteiger partial charge >= 0.3 is 0 Å². The molecule has 38 valence electrons. The Morgan fingerprint density at radius 1 is 1.83 bits per heavy atom. The lowest BCUT2D eigenvalue weighted by molar-refractivity contribution is -0.00895. The topological polar surface area (TPSA) is 20.2 Å². The van der Waals surface area contributed by atoms with Crippen molar-refractivity contribution in [3.63, 3.8) is 0 Å². The maximum atomic E-state index is 11.2. The van der Waals surface area contributed by atoms with Crippen LogP contribution in [0, 0.1) is 0 Å².